The third kappa shape index (κ3) is 4.49. The zero-order chi connectivity index (χ0) is 20.1. The zero-order valence-electron chi connectivity index (χ0n) is 15.8. The van der Waals surface area contributed by atoms with E-state index < -0.39 is 0 Å². The third-order valence-electron chi connectivity index (χ3n) is 4.53. The van der Waals surface area contributed by atoms with E-state index in [9.17, 15) is 9.59 Å². The first-order valence-electron chi connectivity index (χ1n) is 8.92. The van der Waals surface area contributed by atoms with Gasteiger partial charge in [-0.1, -0.05) is 64.5 Å². The van der Waals surface area contributed by atoms with E-state index in [-0.39, 0.29) is 11.8 Å². The summed E-state index contributed by atoms with van der Waals surface area (Å²) in [5.41, 5.74) is 3.65. The number of nitrogens with zero attached hydrogens (tertiary/aromatic N) is 1. The van der Waals surface area contributed by atoms with Crippen LogP contribution in [0.2, 0.25) is 0 Å². The molecular weight excluding hydrogens is 416 g/mol. The van der Waals surface area contributed by atoms with E-state index in [4.69, 9.17) is 0 Å². The molecule has 0 aliphatic heterocycles. The number of hydrogen-bond donors (Lipinski definition) is 1. The number of para-hydroxylation sites is 1. The molecule has 3 rings (SSSR count). The summed E-state index contributed by atoms with van der Waals surface area (Å²) in [5.74, 6) is -0.395. The Morgan fingerprint density at radius 1 is 0.964 bits per heavy atom. The quantitative estimate of drug-likeness (QED) is 0.613. The van der Waals surface area contributed by atoms with E-state index in [1.54, 1.807) is 37.4 Å². The Bertz CT molecular complexity index is 1000. The van der Waals surface area contributed by atoms with E-state index >= 15 is 0 Å². The molecule has 0 heterocycles. The summed E-state index contributed by atoms with van der Waals surface area (Å²) in [4.78, 5) is 27.2. The van der Waals surface area contributed by atoms with Crippen molar-refractivity contribution >= 4 is 33.4 Å². The average molecular weight is 437 g/mol. The van der Waals surface area contributed by atoms with E-state index in [2.05, 4.69) is 21.2 Å². The maximum absolute atomic E-state index is 12.9. The lowest BCUT2D eigenvalue weighted by molar-refractivity contribution is 0.0951. The molecule has 0 radical (unpaired) electrons. The van der Waals surface area contributed by atoms with Gasteiger partial charge in [0.25, 0.3) is 11.8 Å². The molecule has 0 saturated carbocycles. The van der Waals surface area contributed by atoms with Gasteiger partial charge >= 0.3 is 0 Å². The van der Waals surface area contributed by atoms with Crippen molar-refractivity contribution in [1.82, 2.24) is 5.32 Å². The first kappa shape index (κ1) is 19.8. The second-order valence-corrected chi connectivity index (χ2v) is 7.37. The summed E-state index contributed by atoms with van der Waals surface area (Å²) < 4.78 is 0.876. The summed E-state index contributed by atoms with van der Waals surface area (Å²) in [6.45, 7) is 2.39. The van der Waals surface area contributed by atoms with Crippen molar-refractivity contribution in [3.8, 4) is 0 Å². The zero-order valence-corrected chi connectivity index (χ0v) is 17.4. The highest BCUT2D eigenvalue weighted by molar-refractivity contribution is 9.10. The SMILES string of the molecule is Cc1ccc(C(=O)N(C)c2ccccc2C(=O)NCc2ccccc2)cc1Br. The fourth-order valence-corrected chi connectivity index (χ4v) is 3.24. The van der Waals surface area contributed by atoms with Crippen LogP contribution in [0.5, 0.6) is 0 Å². The Hall–Kier alpha value is -2.92. The number of carbonyl (C=O) groups is 2. The second-order valence-electron chi connectivity index (χ2n) is 6.51. The number of rotatable bonds is 5. The van der Waals surface area contributed by atoms with Crippen LogP contribution in [0, 0.1) is 6.92 Å². The van der Waals surface area contributed by atoms with Gasteiger partial charge in [0.1, 0.15) is 0 Å². The van der Waals surface area contributed by atoms with Crippen molar-refractivity contribution in [2.24, 2.45) is 0 Å². The first-order valence-corrected chi connectivity index (χ1v) is 9.72. The molecule has 0 aromatic heterocycles. The van der Waals surface area contributed by atoms with Crippen molar-refractivity contribution in [2.45, 2.75) is 13.5 Å². The number of carbonyl (C=O) groups excluding carboxylic acids is 2. The van der Waals surface area contributed by atoms with Gasteiger partial charge in [-0.05, 0) is 42.3 Å². The van der Waals surface area contributed by atoms with Crippen LogP contribution in [-0.2, 0) is 6.54 Å². The maximum Gasteiger partial charge on any atom is 0.258 e. The predicted octanol–water partition coefficient (Wildman–Crippen LogP) is 4.96. The molecule has 2 amide bonds. The molecule has 3 aromatic carbocycles. The van der Waals surface area contributed by atoms with E-state index in [0.29, 0.717) is 23.4 Å². The molecule has 0 aliphatic carbocycles. The highest BCUT2D eigenvalue weighted by Gasteiger charge is 2.20. The number of hydrogen-bond acceptors (Lipinski definition) is 2. The number of amides is 2. The molecule has 0 aliphatic rings. The summed E-state index contributed by atoms with van der Waals surface area (Å²) in [6.07, 6.45) is 0. The van der Waals surface area contributed by atoms with Crippen LogP contribution in [0.15, 0.2) is 77.3 Å². The second kappa shape index (κ2) is 8.85. The van der Waals surface area contributed by atoms with Crippen molar-refractivity contribution in [3.63, 3.8) is 0 Å². The molecule has 0 spiro atoms. The fourth-order valence-electron chi connectivity index (χ4n) is 2.86. The summed E-state index contributed by atoms with van der Waals surface area (Å²) >= 11 is 3.47. The lowest BCUT2D eigenvalue weighted by Crippen LogP contribution is -2.30. The van der Waals surface area contributed by atoms with E-state index in [1.165, 1.54) is 4.90 Å². The number of benzene rings is 3. The predicted molar refractivity (Wildman–Crippen MR) is 116 cm³/mol. The van der Waals surface area contributed by atoms with Crippen LogP contribution >= 0.6 is 15.9 Å². The van der Waals surface area contributed by atoms with Gasteiger partial charge in [-0.15, -0.1) is 0 Å². The standard InChI is InChI=1S/C23H21BrN2O2/c1-16-12-13-18(14-20(16)24)23(28)26(2)21-11-7-6-10-19(21)22(27)25-15-17-8-4-3-5-9-17/h3-14H,15H2,1-2H3,(H,25,27). The van der Waals surface area contributed by atoms with Gasteiger partial charge in [0.15, 0.2) is 0 Å². The van der Waals surface area contributed by atoms with Gasteiger partial charge < -0.3 is 10.2 Å². The largest absolute Gasteiger partial charge is 0.348 e. The monoisotopic (exact) mass is 436 g/mol. The van der Waals surface area contributed by atoms with E-state index in [1.807, 2.05) is 49.4 Å². The Balaban J connectivity index is 1.81. The Kier molecular flexibility index (Phi) is 6.26. The molecule has 5 heteroatoms. The maximum atomic E-state index is 12.9. The molecule has 0 saturated heterocycles. The van der Waals surface area contributed by atoms with Crippen LogP contribution in [0.3, 0.4) is 0 Å². The Morgan fingerprint density at radius 2 is 1.64 bits per heavy atom. The Labute approximate surface area is 173 Å². The highest BCUT2D eigenvalue weighted by atomic mass is 79.9. The van der Waals surface area contributed by atoms with Crippen LogP contribution in [0.25, 0.3) is 0 Å². The molecule has 0 fully saturated rings. The van der Waals surface area contributed by atoms with Gasteiger partial charge in [0.05, 0.1) is 11.3 Å². The minimum atomic E-state index is -0.218. The van der Waals surface area contributed by atoms with Crippen LogP contribution in [0.1, 0.15) is 31.8 Å². The lowest BCUT2D eigenvalue weighted by Gasteiger charge is -2.21. The molecule has 4 nitrogen and oxygen atoms in total. The molecule has 142 valence electrons. The van der Waals surface area contributed by atoms with Crippen molar-refractivity contribution in [1.29, 1.82) is 0 Å². The summed E-state index contributed by atoms with van der Waals surface area (Å²) in [5, 5.41) is 2.92. The molecule has 1 N–H and O–H groups in total. The number of halogens is 1. The van der Waals surface area contributed by atoms with Gasteiger partial charge in [-0.25, -0.2) is 0 Å². The van der Waals surface area contributed by atoms with Gasteiger partial charge in [-0.3, -0.25) is 9.59 Å². The molecule has 3 aromatic rings. The number of anilines is 1. The molecule has 0 unspecified atom stereocenters. The third-order valence-corrected chi connectivity index (χ3v) is 5.38. The smallest absolute Gasteiger partial charge is 0.258 e. The van der Waals surface area contributed by atoms with E-state index in [0.717, 1.165) is 15.6 Å². The fraction of sp³-hybridized carbons (Fsp3) is 0.130. The number of nitrogens with one attached hydrogen (secondary N) is 1. The normalized spacial score (nSPS) is 10.4. The highest BCUT2D eigenvalue weighted by Crippen LogP contribution is 2.23. The minimum Gasteiger partial charge on any atom is -0.348 e. The van der Waals surface area contributed by atoms with Gasteiger partial charge in [0.2, 0.25) is 0 Å². The topological polar surface area (TPSA) is 49.4 Å². The molecule has 28 heavy (non-hydrogen) atoms. The summed E-state index contributed by atoms with van der Waals surface area (Å²) in [6, 6.07) is 22.3. The first-order chi connectivity index (χ1) is 13.5. The van der Waals surface area contributed by atoms with Crippen molar-refractivity contribution < 1.29 is 9.59 Å². The molecular formula is C23H21BrN2O2. The molecule has 0 bridgehead atoms. The average Bonchev–Trinajstić information content (AvgIpc) is 2.73. The van der Waals surface area contributed by atoms with Crippen LogP contribution in [-0.4, -0.2) is 18.9 Å². The number of aryl methyl sites for hydroxylation is 1. The van der Waals surface area contributed by atoms with Gasteiger partial charge in [-0.2, -0.15) is 0 Å². The molecule has 0 atom stereocenters. The Morgan fingerprint density at radius 3 is 2.36 bits per heavy atom. The van der Waals surface area contributed by atoms with Gasteiger partial charge in [0, 0.05) is 23.6 Å². The minimum absolute atomic E-state index is 0.177. The van der Waals surface area contributed by atoms with Crippen LogP contribution < -0.4 is 10.2 Å². The summed E-state index contributed by atoms with van der Waals surface area (Å²) in [7, 11) is 1.68. The van der Waals surface area contributed by atoms with Crippen molar-refractivity contribution in [2.75, 3.05) is 11.9 Å². The van der Waals surface area contributed by atoms with Crippen LogP contribution in [0.4, 0.5) is 5.69 Å². The van der Waals surface area contributed by atoms with Crippen molar-refractivity contribution in [3.05, 3.63) is 99.5 Å². The lowest BCUT2D eigenvalue weighted by atomic mass is 10.1.